The van der Waals surface area contributed by atoms with Crippen molar-refractivity contribution in [1.82, 2.24) is 4.90 Å². The van der Waals surface area contributed by atoms with E-state index in [-0.39, 0.29) is 11.3 Å². The first-order valence-corrected chi connectivity index (χ1v) is 13.5. The van der Waals surface area contributed by atoms with Crippen molar-refractivity contribution in [2.45, 2.75) is 38.6 Å². The van der Waals surface area contributed by atoms with E-state index in [1.165, 1.54) is 0 Å². The molecule has 0 aromatic heterocycles. The Hall–Kier alpha value is -4.26. The fourth-order valence-electron chi connectivity index (χ4n) is 5.01. The minimum atomic E-state index is -0.763. The molecular weight excluding hydrogens is 494 g/mol. The van der Waals surface area contributed by atoms with Crippen LogP contribution in [0, 0.1) is 0 Å². The van der Waals surface area contributed by atoms with Crippen LogP contribution in [0.3, 0.4) is 0 Å². The summed E-state index contributed by atoms with van der Waals surface area (Å²) in [4.78, 5) is 28.4. The fourth-order valence-corrected chi connectivity index (χ4v) is 5.01. The van der Waals surface area contributed by atoms with Gasteiger partial charge in [0.15, 0.2) is 11.5 Å². The second-order valence-corrected chi connectivity index (χ2v) is 9.71. The largest absolute Gasteiger partial charge is 0.507 e. The maximum absolute atomic E-state index is 13.4. The van der Waals surface area contributed by atoms with Gasteiger partial charge in [-0.3, -0.25) is 9.59 Å². The minimum absolute atomic E-state index is 0.0490. The maximum atomic E-state index is 13.4. The molecule has 2 aliphatic rings. The lowest BCUT2D eigenvalue weighted by molar-refractivity contribution is -0.139. The molecule has 5 rings (SSSR count). The predicted octanol–water partition coefficient (Wildman–Crippen LogP) is 5.69. The van der Waals surface area contributed by atoms with Crippen LogP contribution in [0.1, 0.15) is 48.9 Å². The van der Waals surface area contributed by atoms with Crippen molar-refractivity contribution in [1.29, 1.82) is 0 Å². The summed E-state index contributed by atoms with van der Waals surface area (Å²) in [7, 11) is 0. The van der Waals surface area contributed by atoms with Gasteiger partial charge in [-0.25, -0.2) is 0 Å². The van der Waals surface area contributed by atoms with Gasteiger partial charge in [-0.05, 0) is 54.3 Å². The Kier molecular flexibility index (Phi) is 8.16. The number of aliphatic hydroxyl groups excluding tert-OH is 1. The summed E-state index contributed by atoms with van der Waals surface area (Å²) in [6.07, 6.45) is 3.69. The van der Waals surface area contributed by atoms with Crippen molar-refractivity contribution in [2.24, 2.45) is 0 Å². The highest BCUT2D eigenvalue weighted by molar-refractivity contribution is 6.46. The van der Waals surface area contributed by atoms with Crippen molar-refractivity contribution in [3.8, 4) is 17.2 Å². The van der Waals surface area contributed by atoms with E-state index in [0.717, 1.165) is 24.8 Å². The molecule has 0 radical (unpaired) electrons. The van der Waals surface area contributed by atoms with Crippen molar-refractivity contribution in [3.63, 3.8) is 0 Å². The Labute approximate surface area is 228 Å². The molecule has 0 spiro atoms. The molecule has 1 fully saturated rings. The zero-order valence-corrected chi connectivity index (χ0v) is 22.1. The van der Waals surface area contributed by atoms with E-state index < -0.39 is 17.7 Å². The summed E-state index contributed by atoms with van der Waals surface area (Å²) in [6.45, 7) is 3.89. The number of aliphatic hydroxyl groups is 1. The van der Waals surface area contributed by atoms with Gasteiger partial charge >= 0.3 is 0 Å². The number of hydrogen-bond donors (Lipinski definition) is 1. The minimum Gasteiger partial charge on any atom is -0.507 e. The van der Waals surface area contributed by atoms with E-state index in [1.807, 2.05) is 54.6 Å². The summed E-state index contributed by atoms with van der Waals surface area (Å²) < 4.78 is 17.2. The van der Waals surface area contributed by atoms with E-state index in [4.69, 9.17) is 14.2 Å². The van der Waals surface area contributed by atoms with Crippen LogP contribution in [0.4, 0.5) is 0 Å². The van der Waals surface area contributed by atoms with Gasteiger partial charge in [-0.2, -0.15) is 0 Å². The van der Waals surface area contributed by atoms with Crippen molar-refractivity contribution in [3.05, 3.63) is 95.1 Å². The molecular formula is C32H33NO6. The number of carbonyl (C=O) groups is 2. The highest BCUT2D eigenvalue weighted by atomic mass is 16.6. The van der Waals surface area contributed by atoms with Crippen LogP contribution in [0.15, 0.2) is 78.4 Å². The van der Waals surface area contributed by atoms with Crippen LogP contribution >= 0.6 is 0 Å². The molecule has 1 N–H and O–H groups in total. The van der Waals surface area contributed by atoms with E-state index in [2.05, 4.69) is 6.92 Å². The molecule has 2 aliphatic heterocycles. The molecule has 3 aromatic carbocycles. The zero-order valence-electron chi connectivity index (χ0n) is 22.1. The predicted molar refractivity (Wildman–Crippen MR) is 148 cm³/mol. The van der Waals surface area contributed by atoms with Gasteiger partial charge in [0.05, 0.1) is 18.2 Å². The van der Waals surface area contributed by atoms with E-state index in [1.54, 1.807) is 23.1 Å². The molecule has 0 aliphatic carbocycles. The average Bonchev–Trinajstić information content (AvgIpc) is 3.23. The number of ether oxygens (including phenoxy) is 3. The number of amides is 1. The third kappa shape index (κ3) is 5.77. The Balaban J connectivity index is 1.53. The first-order chi connectivity index (χ1) is 19.1. The van der Waals surface area contributed by atoms with Crippen LogP contribution in [0.25, 0.3) is 5.76 Å². The number of benzene rings is 3. The Morgan fingerprint density at radius 1 is 0.949 bits per heavy atom. The lowest BCUT2D eigenvalue weighted by Gasteiger charge is -2.26. The zero-order chi connectivity index (χ0) is 27.2. The van der Waals surface area contributed by atoms with Crippen LogP contribution in [-0.4, -0.2) is 48.1 Å². The molecule has 0 bridgehead atoms. The summed E-state index contributed by atoms with van der Waals surface area (Å²) in [5.74, 6) is 0.135. The molecule has 3 aromatic rings. The summed E-state index contributed by atoms with van der Waals surface area (Å²) in [6, 6.07) is 21.5. The number of Topliss-reactive ketones (excluding diaryl/α,β-unsaturated/α-hetero) is 1. The Morgan fingerprint density at radius 2 is 1.74 bits per heavy atom. The number of likely N-dealkylation sites (tertiary alicyclic amines) is 1. The van der Waals surface area contributed by atoms with Crippen molar-refractivity contribution >= 4 is 17.4 Å². The quantitative estimate of drug-likeness (QED) is 0.158. The molecule has 2 heterocycles. The van der Waals surface area contributed by atoms with Gasteiger partial charge in [0.2, 0.25) is 0 Å². The number of fused-ring (bicyclic) bond motifs is 1. The average molecular weight is 528 g/mol. The Bertz CT molecular complexity index is 1370. The molecule has 1 unspecified atom stereocenters. The normalized spacial score (nSPS) is 17.9. The smallest absolute Gasteiger partial charge is 0.295 e. The maximum Gasteiger partial charge on any atom is 0.295 e. The van der Waals surface area contributed by atoms with Gasteiger partial charge in [-0.15, -0.1) is 0 Å². The van der Waals surface area contributed by atoms with Gasteiger partial charge in [0, 0.05) is 12.1 Å². The van der Waals surface area contributed by atoms with E-state index in [0.29, 0.717) is 61.2 Å². The van der Waals surface area contributed by atoms with Crippen LogP contribution in [0.2, 0.25) is 0 Å². The fraction of sp³-hybridized carbons (Fsp3) is 0.312. The molecule has 1 saturated heterocycles. The number of unbranched alkanes of at least 4 members (excludes halogenated alkanes) is 2. The summed E-state index contributed by atoms with van der Waals surface area (Å²) >= 11 is 0. The second kappa shape index (κ2) is 12.1. The van der Waals surface area contributed by atoms with E-state index in [9.17, 15) is 14.7 Å². The standard InChI is InChI=1S/C32H33NO6/c1-2-3-7-17-37-25-12-8-11-23(20-25)29-28(30(34)24-13-14-26-27(21-24)39-19-18-38-26)31(35)32(36)33(29)16-15-22-9-5-4-6-10-22/h4-6,8-14,20-21,29,34H,2-3,7,15-19H2,1H3/b30-28+. The molecule has 39 heavy (non-hydrogen) atoms. The highest BCUT2D eigenvalue weighted by Crippen LogP contribution is 2.41. The first kappa shape index (κ1) is 26.4. The van der Waals surface area contributed by atoms with Gasteiger partial charge in [-0.1, -0.05) is 62.2 Å². The molecule has 202 valence electrons. The molecule has 1 atom stereocenters. The molecule has 7 heteroatoms. The van der Waals surface area contributed by atoms with Gasteiger partial charge in [0.1, 0.15) is 24.7 Å². The highest BCUT2D eigenvalue weighted by Gasteiger charge is 2.46. The van der Waals surface area contributed by atoms with Crippen LogP contribution in [0.5, 0.6) is 17.2 Å². The van der Waals surface area contributed by atoms with Crippen LogP contribution in [-0.2, 0) is 16.0 Å². The number of rotatable bonds is 10. The monoisotopic (exact) mass is 527 g/mol. The summed E-state index contributed by atoms with van der Waals surface area (Å²) in [5.41, 5.74) is 2.19. The summed E-state index contributed by atoms with van der Waals surface area (Å²) in [5, 5.41) is 11.5. The number of ketones is 1. The molecule has 0 saturated carbocycles. The number of hydrogen-bond acceptors (Lipinski definition) is 6. The lowest BCUT2D eigenvalue weighted by Crippen LogP contribution is -2.31. The van der Waals surface area contributed by atoms with E-state index >= 15 is 0 Å². The lowest BCUT2D eigenvalue weighted by atomic mass is 9.95. The third-order valence-corrected chi connectivity index (χ3v) is 7.03. The van der Waals surface area contributed by atoms with Crippen molar-refractivity contribution < 1.29 is 28.9 Å². The second-order valence-electron chi connectivity index (χ2n) is 9.71. The van der Waals surface area contributed by atoms with Gasteiger partial charge in [0.25, 0.3) is 11.7 Å². The third-order valence-electron chi connectivity index (χ3n) is 7.03. The SMILES string of the molecule is CCCCCOc1cccc(C2/C(=C(\O)c3ccc4c(c3)OCCO4)C(=O)C(=O)N2CCc2ccccc2)c1. The first-order valence-electron chi connectivity index (χ1n) is 13.5. The molecule has 7 nitrogen and oxygen atoms in total. The molecule has 1 amide bonds. The Morgan fingerprint density at radius 3 is 2.54 bits per heavy atom. The van der Waals surface area contributed by atoms with Gasteiger partial charge < -0.3 is 24.2 Å². The number of carbonyl (C=O) groups excluding carboxylic acids is 2. The number of nitrogens with zero attached hydrogens (tertiary/aromatic N) is 1. The van der Waals surface area contributed by atoms with Crippen LogP contribution < -0.4 is 14.2 Å². The topological polar surface area (TPSA) is 85.3 Å². The van der Waals surface area contributed by atoms with Crippen molar-refractivity contribution in [2.75, 3.05) is 26.4 Å².